The molecule has 0 N–H and O–H groups in total. The van der Waals surface area contributed by atoms with Crippen LogP contribution in [0, 0.1) is 0 Å². The Labute approximate surface area is 307 Å². The van der Waals surface area contributed by atoms with Crippen LogP contribution in [0.1, 0.15) is 25.0 Å². The van der Waals surface area contributed by atoms with Crippen LogP contribution < -0.4 is 0 Å². The highest BCUT2D eigenvalue weighted by Gasteiger charge is 2.36. The van der Waals surface area contributed by atoms with Crippen LogP contribution in [-0.2, 0) is 5.41 Å². The van der Waals surface area contributed by atoms with Gasteiger partial charge in [-0.1, -0.05) is 153 Å². The van der Waals surface area contributed by atoms with Gasteiger partial charge in [0.2, 0.25) is 0 Å². The zero-order chi connectivity index (χ0) is 34.6. The van der Waals surface area contributed by atoms with Gasteiger partial charge in [0.1, 0.15) is 0 Å². The molecule has 0 saturated heterocycles. The minimum absolute atomic E-state index is 0.0594. The fraction of sp³-hybridized carbons (Fsp3) is 0.0588. The van der Waals surface area contributed by atoms with Crippen molar-refractivity contribution in [3.63, 3.8) is 0 Å². The van der Waals surface area contributed by atoms with Crippen LogP contribution in [0.5, 0.6) is 0 Å². The smallest absolute Gasteiger partial charge is 0.0361 e. The van der Waals surface area contributed by atoms with Gasteiger partial charge in [0.15, 0.2) is 0 Å². The molecular weight excluding hydrogens is 645 g/mol. The summed E-state index contributed by atoms with van der Waals surface area (Å²) in [6, 6.07) is 63.5. The monoisotopic (exact) mass is 678 g/mol. The first kappa shape index (κ1) is 29.7. The summed E-state index contributed by atoms with van der Waals surface area (Å²) < 4.78 is 2.73. The second-order valence-electron chi connectivity index (χ2n) is 14.9. The fourth-order valence-electron chi connectivity index (χ4n) is 9.07. The zero-order valence-corrected chi connectivity index (χ0v) is 29.9. The molecular formula is C51H34S. The van der Waals surface area contributed by atoms with Crippen molar-refractivity contribution >= 4 is 63.8 Å². The van der Waals surface area contributed by atoms with Crippen LogP contribution in [0.15, 0.2) is 170 Å². The van der Waals surface area contributed by atoms with Gasteiger partial charge in [-0.15, -0.1) is 11.3 Å². The average molecular weight is 679 g/mol. The van der Waals surface area contributed by atoms with Crippen molar-refractivity contribution in [2.45, 2.75) is 19.3 Å². The molecule has 1 aliphatic carbocycles. The summed E-state index contributed by atoms with van der Waals surface area (Å²) in [5, 5.41) is 10.5. The molecule has 0 radical (unpaired) electrons. The second-order valence-corrected chi connectivity index (χ2v) is 15.9. The minimum atomic E-state index is -0.0594. The van der Waals surface area contributed by atoms with Crippen LogP contribution in [0.3, 0.4) is 0 Å². The van der Waals surface area contributed by atoms with Crippen molar-refractivity contribution in [1.29, 1.82) is 0 Å². The Bertz CT molecular complexity index is 3010. The van der Waals surface area contributed by atoms with E-state index in [1.165, 1.54) is 108 Å². The number of hydrogen-bond donors (Lipinski definition) is 0. The highest BCUT2D eigenvalue weighted by atomic mass is 32.1. The van der Waals surface area contributed by atoms with E-state index < -0.39 is 0 Å². The predicted octanol–water partition coefficient (Wildman–Crippen LogP) is 14.8. The topological polar surface area (TPSA) is 0 Å². The zero-order valence-electron chi connectivity index (χ0n) is 29.1. The van der Waals surface area contributed by atoms with E-state index in [1.807, 2.05) is 11.3 Å². The Morgan fingerprint density at radius 3 is 1.48 bits per heavy atom. The van der Waals surface area contributed by atoms with Crippen LogP contribution in [0.4, 0.5) is 0 Å². The summed E-state index contributed by atoms with van der Waals surface area (Å²) in [4.78, 5) is 0. The molecule has 1 heteroatoms. The molecule has 0 spiro atoms. The van der Waals surface area contributed by atoms with E-state index in [2.05, 4.69) is 184 Å². The van der Waals surface area contributed by atoms with E-state index in [9.17, 15) is 0 Å². The quantitative estimate of drug-likeness (QED) is 0.163. The van der Waals surface area contributed by atoms with Crippen molar-refractivity contribution < 1.29 is 0 Å². The van der Waals surface area contributed by atoms with Gasteiger partial charge in [-0.25, -0.2) is 0 Å². The van der Waals surface area contributed by atoms with Crippen LogP contribution in [-0.4, -0.2) is 0 Å². The van der Waals surface area contributed by atoms with Crippen LogP contribution in [0.25, 0.3) is 97.0 Å². The molecule has 1 aromatic heterocycles. The number of fused-ring (bicyclic) bond motifs is 9. The lowest BCUT2D eigenvalue weighted by Gasteiger charge is -2.21. The minimum Gasteiger partial charge on any atom is -0.135 e. The molecule has 0 saturated carbocycles. The summed E-state index contributed by atoms with van der Waals surface area (Å²) >= 11 is 1.92. The lowest BCUT2D eigenvalue weighted by Crippen LogP contribution is -2.14. The Morgan fingerprint density at radius 1 is 0.346 bits per heavy atom. The molecule has 0 bridgehead atoms. The third kappa shape index (κ3) is 4.27. The van der Waals surface area contributed by atoms with Crippen molar-refractivity contribution in [3.8, 4) is 44.5 Å². The Morgan fingerprint density at radius 2 is 0.827 bits per heavy atom. The number of benzene rings is 9. The highest BCUT2D eigenvalue weighted by Crippen LogP contribution is 2.53. The van der Waals surface area contributed by atoms with Gasteiger partial charge in [-0.2, -0.15) is 0 Å². The molecule has 1 heterocycles. The maximum atomic E-state index is 2.48. The fourth-order valence-corrected chi connectivity index (χ4v) is 10.2. The van der Waals surface area contributed by atoms with Gasteiger partial charge in [0.25, 0.3) is 0 Å². The molecule has 0 unspecified atom stereocenters. The van der Waals surface area contributed by atoms with Gasteiger partial charge >= 0.3 is 0 Å². The molecule has 10 aromatic rings. The van der Waals surface area contributed by atoms with Crippen LogP contribution >= 0.6 is 11.3 Å². The van der Waals surface area contributed by atoms with Gasteiger partial charge in [0.05, 0.1) is 0 Å². The van der Waals surface area contributed by atoms with E-state index in [0.29, 0.717) is 0 Å². The SMILES string of the molecule is CC1(C)c2ccc(-c3ccc(-c4c5ccccc5c(-c5ccccc5)c5ccccc45)cc3)cc2-c2cc3c(cc21)sc1cc2ccccc2cc13. The lowest BCUT2D eigenvalue weighted by molar-refractivity contribution is 0.661. The molecule has 0 amide bonds. The molecule has 52 heavy (non-hydrogen) atoms. The maximum Gasteiger partial charge on any atom is 0.0361 e. The predicted molar refractivity (Wildman–Crippen MR) is 226 cm³/mol. The highest BCUT2D eigenvalue weighted by molar-refractivity contribution is 7.25. The number of thiophene rings is 1. The van der Waals surface area contributed by atoms with Crippen molar-refractivity contribution in [2.24, 2.45) is 0 Å². The van der Waals surface area contributed by atoms with Crippen molar-refractivity contribution in [2.75, 3.05) is 0 Å². The normalized spacial score (nSPS) is 13.3. The summed E-state index contributed by atoms with van der Waals surface area (Å²) in [7, 11) is 0. The summed E-state index contributed by atoms with van der Waals surface area (Å²) in [5.41, 5.74) is 13.1. The maximum absolute atomic E-state index is 2.48. The van der Waals surface area contributed by atoms with E-state index in [1.54, 1.807) is 0 Å². The summed E-state index contributed by atoms with van der Waals surface area (Å²) in [6.45, 7) is 4.77. The molecule has 0 aliphatic heterocycles. The number of rotatable bonds is 3. The molecule has 11 rings (SSSR count). The first-order valence-corrected chi connectivity index (χ1v) is 19.0. The van der Waals surface area contributed by atoms with Gasteiger partial charge in [-0.05, 0) is 118 Å². The molecule has 244 valence electrons. The molecule has 1 aliphatic rings. The van der Waals surface area contributed by atoms with E-state index >= 15 is 0 Å². The molecule has 0 atom stereocenters. The largest absolute Gasteiger partial charge is 0.135 e. The van der Waals surface area contributed by atoms with E-state index in [0.717, 1.165) is 0 Å². The van der Waals surface area contributed by atoms with E-state index in [-0.39, 0.29) is 5.41 Å². The van der Waals surface area contributed by atoms with Gasteiger partial charge in [-0.3, -0.25) is 0 Å². The first-order valence-electron chi connectivity index (χ1n) is 18.2. The van der Waals surface area contributed by atoms with Crippen molar-refractivity contribution in [3.05, 3.63) is 181 Å². The van der Waals surface area contributed by atoms with Gasteiger partial charge < -0.3 is 0 Å². The first-order chi connectivity index (χ1) is 25.5. The van der Waals surface area contributed by atoms with Gasteiger partial charge in [0, 0.05) is 25.6 Å². The third-order valence-corrected chi connectivity index (χ3v) is 12.8. The molecule has 0 fully saturated rings. The Balaban J connectivity index is 1.04. The van der Waals surface area contributed by atoms with Crippen molar-refractivity contribution in [1.82, 2.24) is 0 Å². The summed E-state index contributed by atoms with van der Waals surface area (Å²) in [6.07, 6.45) is 0. The third-order valence-electron chi connectivity index (χ3n) is 11.6. The van der Waals surface area contributed by atoms with Crippen LogP contribution in [0.2, 0.25) is 0 Å². The lowest BCUT2D eigenvalue weighted by atomic mass is 9.82. The Kier molecular flexibility index (Phi) is 6.27. The second kappa shape index (κ2) is 11.0. The molecule has 9 aromatic carbocycles. The van der Waals surface area contributed by atoms with E-state index in [4.69, 9.17) is 0 Å². The standard InChI is InChI=1S/C51H34S/c1-51(2)45-25-24-36(26-41(45)42-29-44-43-27-34-14-6-7-15-35(34)28-47(43)52-48(44)30-46(42)51)31-20-22-33(23-21-31)50-39-18-10-8-16-37(39)49(32-12-4-3-5-13-32)38-17-9-11-19-40(38)50/h3-30H,1-2H3. The number of hydrogen-bond acceptors (Lipinski definition) is 1. The Hall–Kier alpha value is -6.02. The average Bonchev–Trinajstić information content (AvgIpc) is 3.65. The summed E-state index contributed by atoms with van der Waals surface area (Å²) in [5.74, 6) is 0. The molecule has 0 nitrogen and oxygen atoms in total.